The number of aromatic nitrogens is 2. The number of hydrogen-bond donors (Lipinski definition) is 1. The van der Waals surface area contributed by atoms with Gasteiger partial charge in [-0.25, -0.2) is 9.97 Å². The highest BCUT2D eigenvalue weighted by molar-refractivity contribution is 5.93. The molecule has 4 rings (SSSR count). The number of methoxy groups -OCH3 is 2. The second-order valence-corrected chi connectivity index (χ2v) is 7.65. The number of carbonyl (C=O) groups is 1. The molecular formula is C25H28N4O4. The van der Waals surface area contributed by atoms with Gasteiger partial charge in [0.2, 0.25) is 0 Å². The monoisotopic (exact) mass is 448 g/mol. The Morgan fingerprint density at radius 1 is 1.03 bits per heavy atom. The number of carbonyl (C=O) groups excluding carboxylic acids is 1. The van der Waals surface area contributed by atoms with Gasteiger partial charge in [0.1, 0.15) is 0 Å². The van der Waals surface area contributed by atoms with E-state index in [2.05, 4.69) is 20.2 Å². The van der Waals surface area contributed by atoms with E-state index in [1.165, 1.54) is 0 Å². The summed E-state index contributed by atoms with van der Waals surface area (Å²) in [4.78, 5) is 23.9. The van der Waals surface area contributed by atoms with E-state index in [0.29, 0.717) is 42.6 Å². The molecule has 1 unspecified atom stereocenters. The van der Waals surface area contributed by atoms with Crippen molar-refractivity contribution in [2.75, 3.05) is 47.1 Å². The lowest BCUT2D eigenvalue weighted by molar-refractivity contribution is 0.0162. The molecule has 2 heterocycles. The largest absolute Gasteiger partial charge is 0.493 e. The van der Waals surface area contributed by atoms with Gasteiger partial charge in [0.15, 0.2) is 17.3 Å². The summed E-state index contributed by atoms with van der Waals surface area (Å²) in [5, 5.41) is 3.05. The van der Waals surface area contributed by atoms with Crippen LogP contribution in [-0.2, 0) is 4.74 Å². The summed E-state index contributed by atoms with van der Waals surface area (Å²) in [6, 6.07) is 15.5. The first-order valence-electron chi connectivity index (χ1n) is 10.9. The summed E-state index contributed by atoms with van der Waals surface area (Å²) in [7, 11) is 3.23. The van der Waals surface area contributed by atoms with E-state index in [4.69, 9.17) is 14.2 Å². The molecule has 1 N–H and O–H groups in total. The average Bonchev–Trinajstić information content (AvgIpc) is 2.89. The minimum absolute atomic E-state index is 0.0397. The van der Waals surface area contributed by atoms with Crippen LogP contribution in [0, 0.1) is 0 Å². The molecule has 2 aromatic carbocycles. The van der Waals surface area contributed by atoms with Crippen LogP contribution in [0.4, 0.5) is 0 Å². The Labute approximate surface area is 193 Å². The minimum Gasteiger partial charge on any atom is -0.493 e. The number of ether oxygens (including phenoxy) is 3. The van der Waals surface area contributed by atoms with Gasteiger partial charge in [0.25, 0.3) is 5.91 Å². The van der Waals surface area contributed by atoms with Crippen LogP contribution in [0.3, 0.4) is 0 Å². The smallest absolute Gasteiger partial charge is 0.254 e. The topological polar surface area (TPSA) is 85.8 Å². The third-order valence-electron chi connectivity index (χ3n) is 5.68. The van der Waals surface area contributed by atoms with Crippen molar-refractivity contribution >= 4 is 5.91 Å². The zero-order valence-electron chi connectivity index (χ0n) is 18.9. The second kappa shape index (κ2) is 10.9. The van der Waals surface area contributed by atoms with Gasteiger partial charge in [-0.05, 0) is 17.7 Å². The Kier molecular flexibility index (Phi) is 7.49. The number of amides is 1. The lowest BCUT2D eigenvalue weighted by Gasteiger charge is -2.35. The van der Waals surface area contributed by atoms with Crippen LogP contribution < -0.4 is 14.8 Å². The fourth-order valence-electron chi connectivity index (χ4n) is 3.88. The first-order chi connectivity index (χ1) is 16.2. The molecule has 172 valence electrons. The molecule has 3 aromatic rings. The lowest BCUT2D eigenvalue weighted by Crippen LogP contribution is -2.43. The molecule has 8 heteroatoms. The van der Waals surface area contributed by atoms with Crippen LogP contribution in [0.15, 0.2) is 60.9 Å². The number of benzene rings is 2. The average molecular weight is 449 g/mol. The molecule has 8 nitrogen and oxygen atoms in total. The maximum Gasteiger partial charge on any atom is 0.254 e. The van der Waals surface area contributed by atoms with Crippen LogP contribution in [0.5, 0.6) is 11.5 Å². The van der Waals surface area contributed by atoms with Gasteiger partial charge in [0.05, 0.1) is 39.0 Å². The Hall–Kier alpha value is -3.49. The maximum atomic E-state index is 12.9. The first-order valence-corrected chi connectivity index (χ1v) is 10.9. The van der Waals surface area contributed by atoms with Crippen molar-refractivity contribution < 1.29 is 19.0 Å². The molecule has 0 radical (unpaired) electrons. The van der Waals surface area contributed by atoms with Crippen molar-refractivity contribution in [1.82, 2.24) is 20.2 Å². The van der Waals surface area contributed by atoms with Crippen molar-refractivity contribution in [3.63, 3.8) is 0 Å². The predicted octanol–water partition coefficient (Wildman–Crippen LogP) is 2.96. The number of morpholine rings is 1. The Morgan fingerprint density at radius 3 is 2.39 bits per heavy atom. The summed E-state index contributed by atoms with van der Waals surface area (Å²) in [6.45, 7) is 3.31. The molecule has 1 amide bonds. The molecule has 0 aliphatic carbocycles. The Balaban J connectivity index is 1.49. The number of nitrogens with one attached hydrogen (secondary N) is 1. The molecular weight excluding hydrogens is 420 g/mol. The highest BCUT2D eigenvalue weighted by Gasteiger charge is 2.24. The summed E-state index contributed by atoms with van der Waals surface area (Å²) in [6.07, 6.45) is 3.12. The molecule has 1 saturated heterocycles. The highest BCUT2D eigenvalue weighted by Crippen LogP contribution is 2.32. The number of hydrogen-bond acceptors (Lipinski definition) is 7. The molecule has 1 aliphatic heterocycles. The zero-order chi connectivity index (χ0) is 23.0. The molecule has 1 atom stereocenters. The van der Waals surface area contributed by atoms with Gasteiger partial charge in [-0.15, -0.1) is 0 Å². The molecule has 33 heavy (non-hydrogen) atoms. The van der Waals surface area contributed by atoms with Crippen molar-refractivity contribution in [2.45, 2.75) is 6.04 Å². The van der Waals surface area contributed by atoms with Crippen molar-refractivity contribution in [3.8, 4) is 22.9 Å². The van der Waals surface area contributed by atoms with Crippen molar-refractivity contribution in [3.05, 3.63) is 72.1 Å². The van der Waals surface area contributed by atoms with E-state index in [1.54, 1.807) is 26.6 Å². The van der Waals surface area contributed by atoms with Crippen molar-refractivity contribution in [2.24, 2.45) is 0 Å². The van der Waals surface area contributed by atoms with Gasteiger partial charge in [-0.3, -0.25) is 9.69 Å². The normalized spacial score (nSPS) is 15.0. The predicted molar refractivity (Wildman–Crippen MR) is 124 cm³/mol. The van der Waals surface area contributed by atoms with Gasteiger partial charge in [-0.1, -0.05) is 36.4 Å². The number of rotatable bonds is 8. The Morgan fingerprint density at radius 2 is 1.73 bits per heavy atom. The summed E-state index contributed by atoms with van der Waals surface area (Å²) >= 11 is 0. The summed E-state index contributed by atoms with van der Waals surface area (Å²) in [5.74, 6) is 1.70. The summed E-state index contributed by atoms with van der Waals surface area (Å²) < 4.78 is 16.4. The molecule has 0 spiro atoms. The second-order valence-electron chi connectivity index (χ2n) is 7.65. The lowest BCUT2D eigenvalue weighted by atomic mass is 10.0. The van der Waals surface area contributed by atoms with Crippen LogP contribution >= 0.6 is 0 Å². The van der Waals surface area contributed by atoms with Crippen LogP contribution in [0.2, 0.25) is 0 Å². The SMILES string of the molecule is COc1ccc(C(CNC(=O)c2cnc(-c3ccccc3)nc2)N2CCOCC2)cc1OC. The fourth-order valence-corrected chi connectivity index (χ4v) is 3.88. The van der Waals surface area contributed by atoms with Crippen molar-refractivity contribution in [1.29, 1.82) is 0 Å². The van der Waals surface area contributed by atoms with Crippen LogP contribution in [0.1, 0.15) is 22.0 Å². The van der Waals surface area contributed by atoms with Gasteiger partial charge in [0, 0.05) is 37.6 Å². The molecule has 1 aliphatic rings. The highest BCUT2D eigenvalue weighted by atomic mass is 16.5. The minimum atomic E-state index is -0.214. The molecule has 0 bridgehead atoms. The molecule has 0 saturated carbocycles. The molecule has 1 aromatic heterocycles. The maximum absolute atomic E-state index is 12.9. The number of nitrogens with zero attached hydrogens (tertiary/aromatic N) is 3. The van der Waals surface area contributed by atoms with Crippen LogP contribution in [0.25, 0.3) is 11.4 Å². The summed E-state index contributed by atoms with van der Waals surface area (Å²) in [5.41, 5.74) is 2.36. The van der Waals surface area contributed by atoms with Crippen LogP contribution in [-0.4, -0.2) is 67.8 Å². The Bertz CT molecular complexity index is 1050. The standard InChI is InChI=1S/C25H28N4O4/c1-31-22-9-8-19(14-23(22)32-2)21(29-10-12-33-13-11-29)17-28-25(30)20-15-26-24(27-16-20)18-6-4-3-5-7-18/h3-9,14-16,21H,10-13,17H2,1-2H3,(H,28,30). The van der Waals surface area contributed by atoms with E-state index >= 15 is 0 Å². The molecule has 1 fully saturated rings. The van der Waals surface area contributed by atoms with E-state index in [0.717, 1.165) is 24.2 Å². The van der Waals surface area contributed by atoms with Gasteiger partial charge < -0.3 is 19.5 Å². The van der Waals surface area contributed by atoms with Gasteiger partial charge in [-0.2, -0.15) is 0 Å². The third-order valence-corrected chi connectivity index (χ3v) is 5.68. The quantitative estimate of drug-likeness (QED) is 0.567. The van der Waals surface area contributed by atoms with E-state index < -0.39 is 0 Å². The van der Waals surface area contributed by atoms with Gasteiger partial charge >= 0.3 is 0 Å². The first kappa shape index (κ1) is 22.7. The van der Waals surface area contributed by atoms with E-state index in [9.17, 15) is 4.79 Å². The van der Waals surface area contributed by atoms with E-state index in [-0.39, 0.29) is 11.9 Å². The third kappa shape index (κ3) is 5.47. The fraction of sp³-hybridized carbons (Fsp3) is 0.320. The van der Waals surface area contributed by atoms with E-state index in [1.807, 2.05) is 48.5 Å². The zero-order valence-corrected chi connectivity index (χ0v) is 18.9.